The molecule has 0 saturated carbocycles. The molecule has 1 heteroatoms. The molecule has 0 saturated heterocycles. The van der Waals surface area contributed by atoms with E-state index in [1.807, 2.05) is 11.3 Å². The zero-order chi connectivity index (χ0) is 11.2. The van der Waals surface area contributed by atoms with E-state index < -0.39 is 0 Å². The second kappa shape index (κ2) is 3.33. The van der Waals surface area contributed by atoms with E-state index in [9.17, 15) is 0 Å². The number of allylic oxidation sites excluding steroid dienone is 2. The lowest BCUT2D eigenvalue weighted by Gasteiger charge is -2.22. The highest BCUT2D eigenvalue weighted by molar-refractivity contribution is 7.10. The third-order valence-electron chi connectivity index (χ3n) is 3.45. The highest BCUT2D eigenvalue weighted by Gasteiger charge is 2.34. The first-order chi connectivity index (χ1) is 7.72. The molecule has 1 atom stereocenters. The SMILES string of the molecule is CC1=CC(C)(c2cccs2)c2ccccc21. The van der Waals surface area contributed by atoms with Crippen molar-refractivity contribution >= 4 is 16.9 Å². The van der Waals surface area contributed by atoms with Gasteiger partial charge in [0.05, 0.1) is 0 Å². The van der Waals surface area contributed by atoms with Crippen molar-refractivity contribution in [2.45, 2.75) is 19.3 Å². The van der Waals surface area contributed by atoms with Crippen LogP contribution in [-0.2, 0) is 5.41 Å². The molecule has 80 valence electrons. The topological polar surface area (TPSA) is 0 Å². The molecule has 3 rings (SSSR count). The first-order valence-corrected chi connectivity index (χ1v) is 6.43. The predicted octanol–water partition coefficient (Wildman–Crippen LogP) is 4.47. The van der Waals surface area contributed by atoms with E-state index in [0.29, 0.717) is 0 Å². The molecule has 0 spiro atoms. The van der Waals surface area contributed by atoms with Gasteiger partial charge >= 0.3 is 0 Å². The zero-order valence-electron chi connectivity index (χ0n) is 9.53. The van der Waals surface area contributed by atoms with Crippen LogP contribution < -0.4 is 0 Å². The number of rotatable bonds is 1. The number of benzene rings is 1. The molecular formula is C15H14S. The minimum Gasteiger partial charge on any atom is -0.148 e. The molecule has 1 unspecified atom stereocenters. The summed E-state index contributed by atoms with van der Waals surface area (Å²) in [6.45, 7) is 4.52. The van der Waals surface area contributed by atoms with Gasteiger partial charge in [-0.1, -0.05) is 36.4 Å². The fourth-order valence-corrected chi connectivity index (χ4v) is 3.52. The highest BCUT2D eigenvalue weighted by atomic mass is 32.1. The maximum Gasteiger partial charge on any atom is 0.0459 e. The Morgan fingerprint density at radius 3 is 2.62 bits per heavy atom. The van der Waals surface area contributed by atoms with Gasteiger partial charge in [-0.3, -0.25) is 0 Å². The standard InChI is InChI=1S/C15H14S/c1-11-10-15(2,14-8-5-9-16-14)13-7-4-3-6-12(11)13/h3-10H,1-2H3. The third kappa shape index (κ3) is 1.21. The maximum atomic E-state index is 2.39. The fraction of sp³-hybridized carbons (Fsp3) is 0.200. The van der Waals surface area contributed by atoms with E-state index in [-0.39, 0.29) is 5.41 Å². The van der Waals surface area contributed by atoms with E-state index in [1.165, 1.54) is 21.6 Å². The molecule has 16 heavy (non-hydrogen) atoms. The summed E-state index contributed by atoms with van der Waals surface area (Å²) in [7, 11) is 0. The van der Waals surface area contributed by atoms with Crippen LogP contribution in [0.15, 0.2) is 47.9 Å². The van der Waals surface area contributed by atoms with Crippen molar-refractivity contribution in [2.75, 3.05) is 0 Å². The van der Waals surface area contributed by atoms with E-state index >= 15 is 0 Å². The maximum absolute atomic E-state index is 2.39. The molecule has 0 radical (unpaired) electrons. The average molecular weight is 226 g/mol. The van der Waals surface area contributed by atoms with Crippen molar-refractivity contribution in [3.05, 3.63) is 63.9 Å². The van der Waals surface area contributed by atoms with Crippen molar-refractivity contribution in [3.8, 4) is 0 Å². The lowest BCUT2D eigenvalue weighted by molar-refractivity contribution is 0.756. The first-order valence-electron chi connectivity index (χ1n) is 5.55. The van der Waals surface area contributed by atoms with Crippen molar-refractivity contribution in [2.24, 2.45) is 0 Å². The molecule has 0 aliphatic heterocycles. The van der Waals surface area contributed by atoms with Crippen LogP contribution in [0.2, 0.25) is 0 Å². The fourth-order valence-electron chi connectivity index (χ4n) is 2.65. The Balaban J connectivity index is 2.26. The molecule has 1 aliphatic rings. The molecule has 0 amide bonds. The molecule has 1 aromatic carbocycles. The summed E-state index contributed by atoms with van der Waals surface area (Å²) >= 11 is 1.84. The van der Waals surface area contributed by atoms with Gasteiger partial charge in [0.1, 0.15) is 0 Å². The second-order valence-corrected chi connectivity index (χ2v) is 5.50. The van der Waals surface area contributed by atoms with Gasteiger partial charge in [0, 0.05) is 10.3 Å². The summed E-state index contributed by atoms with van der Waals surface area (Å²) in [4.78, 5) is 1.43. The monoisotopic (exact) mass is 226 g/mol. The third-order valence-corrected chi connectivity index (χ3v) is 4.56. The summed E-state index contributed by atoms with van der Waals surface area (Å²) < 4.78 is 0. The van der Waals surface area contributed by atoms with Gasteiger partial charge in [-0.15, -0.1) is 11.3 Å². The van der Waals surface area contributed by atoms with Gasteiger partial charge in [0.25, 0.3) is 0 Å². The lowest BCUT2D eigenvalue weighted by Crippen LogP contribution is -2.16. The molecule has 0 bridgehead atoms. The molecule has 1 aliphatic carbocycles. The van der Waals surface area contributed by atoms with Crippen molar-refractivity contribution in [1.29, 1.82) is 0 Å². The molecule has 2 aromatic rings. The van der Waals surface area contributed by atoms with E-state index in [0.717, 1.165) is 0 Å². The van der Waals surface area contributed by atoms with Crippen LogP contribution in [0.4, 0.5) is 0 Å². The van der Waals surface area contributed by atoms with Gasteiger partial charge < -0.3 is 0 Å². The number of hydrogen-bond acceptors (Lipinski definition) is 1. The van der Waals surface area contributed by atoms with Gasteiger partial charge in [-0.25, -0.2) is 0 Å². The van der Waals surface area contributed by atoms with Crippen LogP contribution in [0, 0.1) is 0 Å². The molecular weight excluding hydrogens is 212 g/mol. The largest absolute Gasteiger partial charge is 0.148 e. The summed E-state index contributed by atoms with van der Waals surface area (Å²) in [5.74, 6) is 0. The Morgan fingerprint density at radius 1 is 1.06 bits per heavy atom. The Hall–Kier alpha value is -1.34. The number of hydrogen-bond donors (Lipinski definition) is 0. The van der Waals surface area contributed by atoms with Gasteiger partial charge in [-0.05, 0) is 42.0 Å². The lowest BCUT2D eigenvalue weighted by atomic mass is 9.83. The van der Waals surface area contributed by atoms with Crippen LogP contribution in [0.1, 0.15) is 29.9 Å². The smallest absolute Gasteiger partial charge is 0.0459 e. The Kier molecular flexibility index (Phi) is 2.05. The van der Waals surface area contributed by atoms with Crippen molar-refractivity contribution in [1.82, 2.24) is 0 Å². The number of fused-ring (bicyclic) bond motifs is 1. The quantitative estimate of drug-likeness (QED) is 0.673. The van der Waals surface area contributed by atoms with Crippen LogP contribution >= 0.6 is 11.3 Å². The van der Waals surface area contributed by atoms with Crippen molar-refractivity contribution in [3.63, 3.8) is 0 Å². The molecule has 1 aromatic heterocycles. The second-order valence-electron chi connectivity index (χ2n) is 4.55. The minimum atomic E-state index is 0.0782. The van der Waals surface area contributed by atoms with Gasteiger partial charge in [0.2, 0.25) is 0 Å². The molecule has 0 N–H and O–H groups in total. The van der Waals surface area contributed by atoms with Gasteiger partial charge in [-0.2, -0.15) is 0 Å². The minimum absolute atomic E-state index is 0.0782. The average Bonchev–Trinajstić information content (AvgIpc) is 2.89. The van der Waals surface area contributed by atoms with E-state index in [1.54, 1.807) is 0 Å². The van der Waals surface area contributed by atoms with Gasteiger partial charge in [0.15, 0.2) is 0 Å². The Bertz CT molecular complexity index is 549. The summed E-state index contributed by atoms with van der Waals surface area (Å²) in [6, 6.07) is 13.1. The first kappa shape index (κ1) is 9.86. The normalized spacial score (nSPS) is 23.0. The number of thiophene rings is 1. The summed E-state index contributed by atoms with van der Waals surface area (Å²) in [5.41, 5.74) is 4.31. The molecule has 0 fully saturated rings. The van der Waals surface area contributed by atoms with Crippen LogP contribution in [0.5, 0.6) is 0 Å². The van der Waals surface area contributed by atoms with Crippen LogP contribution in [-0.4, -0.2) is 0 Å². The zero-order valence-corrected chi connectivity index (χ0v) is 10.3. The molecule has 1 heterocycles. The summed E-state index contributed by atoms with van der Waals surface area (Å²) in [5, 5.41) is 2.16. The summed E-state index contributed by atoms with van der Waals surface area (Å²) in [6.07, 6.45) is 2.39. The van der Waals surface area contributed by atoms with E-state index in [4.69, 9.17) is 0 Å². The van der Waals surface area contributed by atoms with E-state index in [2.05, 4.69) is 61.7 Å². The Morgan fingerprint density at radius 2 is 1.88 bits per heavy atom. The predicted molar refractivity (Wildman–Crippen MR) is 70.9 cm³/mol. The highest BCUT2D eigenvalue weighted by Crippen LogP contribution is 2.45. The Labute approximate surface area is 100 Å². The van der Waals surface area contributed by atoms with Crippen molar-refractivity contribution < 1.29 is 0 Å². The van der Waals surface area contributed by atoms with Crippen LogP contribution in [0.3, 0.4) is 0 Å². The molecule has 0 nitrogen and oxygen atoms in total. The van der Waals surface area contributed by atoms with Crippen LogP contribution in [0.25, 0.3) is 5.57 Å².